The van der Waals surface area contributed by atoms with E-state index in [1.54, 1.807) is 0 Å². The van der Waals surface area contributed by atoms with Gasteiger partial charge in [0.25, 0.3) is 5.69 Å². The van der Waals surface area contributed by atoms with Crippen molar-refractivity contribution < 1.29 is 24.4 Å². The molecule has 1 amide bonds. The van der Waals surface area contributed by atoms with Gasteiger partial charge in [-0.1, -0.05) is 6.92 Å². The number of nitrogens with zero attached hydrogens (tertiary/aromatic N) is 1. The number of hydrogen-bond donors (Lipinski definition) is 2. The van der Waals surface area contributed by atoms with Crippen LogP contribution >= 0.6 is 0 Å². The number of benzene rings is 1. The molecule has 114 valence electrons. The summed E-state index contributed by atoms with van der Waals surface area (Å²) in [6, 6.07) is 3.26. The fraction of sp³-hybridized carbons (Fsp3) is 0.385. The molecule has 2 N–H and O–H groups in total. The highest BCUT2D eigenvalue weighted by molar-refractivity contribution is 6.01. The summed E-state index contributed by atoms with van der Waals surface area (Å²) in [4.78, 5) is 32.8. The molecule has 0 aliphatic heterocycles. The number of aromatic carboxylic acids is 1. The van der Waals surface area contributed by atoms with Gasteiger partial charge in [0.05, 0.1) is 16.2 Å². The third-order valence-corrected chi connectivity index (χ3v) is 2.70. The molecule has 0 heterocycles. The van der Waals surface area contributed by atoms with E-state index in [2.05, 4.69) is 5.32 Å². The lowest BCUT2D eigenvalue weighted by Crippen LogP contribution is -2.19. The lowest BCUT2D eigenvalue weighted by molar-refractivity contribution is -0.384. The topological polar surface area (TPSA) is 119 Å². The molecular weight excluding hydrogens is 280 g/mol. The van der Waals surface area contributed by atoms with Crippen LogP contribution < -0.4 is 5.32 Å². The van der Waals surface area contributed by atoms with Crippen molar-refractivity contribution >= 4 is 23.3 Å². The lowest BCUT2D eigenvalue weighted by atomic mass is 10.1. The van der Waals surface area contributed by atoms with Crippen molar-refractivity contribution in [2.75, 3.05) is 19.0 Å². The van der Waals surface area contributed by atoms with Crippen molar-refractivity contribution in [1.29, 1.82) is 0 Å². The molecule has 8 heteroatoms. The number of nitro groups is 1. The van der Waals surface area contributed by atoms with Gasteiger partial charge in [-0.25, -0.2) is 4.79 Å². The van der Waals surface area contributed by atoms with Gasteiger partial charge < -0.3 is 15.2 Å². The number of non-ortho nitro benzene ring substituents is 1. The summed E-state index contributed by atoms with van der Waals surface area (Å²) >= 11 is 0. The largest absolute Gasteiger partial charge is 0.478 e. The Morgan fingerprint density at radius 1 is 1.48 bits per heavy atom. The third-order valence-electron chi connectivity index (χ3n) is 2.70. The van der Waals surface area contributed by atoms with Gasteiger partial charge in [-0.3, -0.25) is 14.9 Å². The van der Waals surface area contributed by atoms with E-state index in [-0.39, 0.29) is 35.2 Å². The van der Waals surface area contributed by atoms with Crippen LogP contribution in [0, 0.1) is 16.0 Å². The van der Waals surface area contributed by atoms with E-state index in [4.69, 9.17) is 9.84 Å². The first-order valence-corrected chi connectivity index (χ1v) is 6.15. The SMILES string of the molecule is COCC(C)CC(=O)Nc1ccc([N+](=O)[O-])cc1C(=O)O. The molecule has 1 aromatic carbocycles. The molecular formula is C13H16N2O6. The lowest BCUT2D eigenvalue weighted by Gasteiger charge is -2.12. The van der Waals surface area contributed by atoms with Crippen molar-refractivity contribution in [2.24, 2.45) is 5.92 Å². The van der Waals surface area contributed by atoms with Crippen LogP contribution in [0.1, 0.15) is 23.7 Å². The van der Waals surface area contributed by atoms with E-state index in [0.717, 1.165) is 12.1 Å². The molecule has 1 rings (SSSR count). The number of rotatable bonds is 7. The van der Waals surface area contributed by atoms with E-state index in [0.29, 0.717) is 6.61 Å². The molecule has 0 aromatic heterocycles. The fourth-order valence-electron chi connectivity index (χ4n) is 1.79. The maximum Gasteiger partial charge on any atom is 0.338 e. The highest BCUT2D eigenvalue weighted by atomic mass is 16.6. The second-order valence-electron chi connectivity index (χ2n) is 4.60. The van der Waals surface area contributed by atoms with Gasteiger partial charge in [-0.05, 0) is 12.0 Å². The second-order valence-corrected chi connectivity index (χ2v) is 4.60. The zero-order valence-electron chi connectivity index (χ0n) is 11.7. The molecule has 0 fully saturated rings. The van der Waals surface area contributed by atoms with E-state index in [9.17, 15) is 19.7 Å². The minimum atomic E-state index is -1.35. The molecule has 0 saturated heterocycles. The first-order chi connectivity index (χ1) is 9.85. The van der Waals surface area contributed by atoms with Crippen LogP contribution in [0.4, 0.5) is 11.4 Å². The van der Waals surface area contributed by atoms with Crippen LogP contribution in [0.15, 0.2) is 18.2 Å². The number of hydrogen-bond acceptors (Lipinski definition) is 5. The summed E-state index contributed by atoms with van der Waals surface area (Å²) in [5.74, 6) is -1.75. The van der Waals surface area contributed by atoms with Gasteiger partial charge in [0, 0.05) is 32.3 Å². The van der Waals surface area contributed by atoms with Gasteiger partial charge >= 0.3 is 5.97 Å². The Kier molecular flexibility index (Phi) is 5.79. The van der Waals surface area contributed by atoms with Crippen LogP contribution in [0.3, 0.4) is 0 Å². The van der Waals surface area contributed by atoms with Crippen molar-refractivity contribution in [3.8, 4) is 0 Å². The standard InChI is InChI=1S/C13H16N2O6/c1-8(7-21-2)5-12(16)14-11-4-3-9(15(19)20)6-10(11)13(17)18/h3-4,6,8H,5,7H2,1-2H3,(H,14,16)(H,17,18). The van der Waals surface area contributed by atoms with E-state index >= 15 is 0 Å². The summed E-state index contributed by atoms with van der Waals surface area (Å²) < 4.78 is 4.91. The smallest absolute Gasteiger partial charge is 0.338 e. The number of amides is 1. The Hall–Kier alpha value is -2.48. The van der Waals surface area contributed by atoms with Crippen molar-refractivity contribution in [3.63, 3.8) is 0 Å². The monoisotopic (exact) mass is 296 g/mol. The summed E-state index contributed by atoms with van der Waals surface area (Å²) in [6.45, 7) is 2.22. The number of nitrogens with one attached hydrogen (secondary N) is 1. The molecule has 21 heavy (non-hydrogen) atoms. The molecule has 0 bridgehead atoms. The Balaban J connectivity index is 2.90. The number of carbonyl (C=O) groups is 2. The number of ether oxygens (including phenoxy) is 1. The van der Waals surface area contributed by atoms with Gasteiger partial charge in [-0.15, -0.1) is 0 Å². The Morgan fingerprint density at radius 3 is 2.67 bits per heavy atom. The molecule has 1 unspecified atom stereocenters. The Morgan fingerprint density at radius 2 is 2.14 bits per heavy atom. The van der Waals surface area contributed by atoms with Crippen molar-refractivity contribution in [3.05, 3.63) is 33.9 Å². The number of methoxy groups -OCH3 is 1. The van der Waals surface area contributed by atoms with Crippen molar-refractivity contribution in [2.45, 2.75) is 13.3 Å². The zero-order valence-corrected chi connectivity index (χ0v) is 11.7. The Bertz CT molecular complexity index is 558. The third kappa shape index (κ3) is 4.84. The molecule has 1 aromatic rings. The normalized spacial score (nSPS) is 11.7. The van der Waals surface area contributed by atoms with Crippen LogP contribution in [-0.2, 0) is 9.53 Å². The van der Waals surface area contributed by atoms with Gasteiger partial charge in [0.1, 0.15) is 0 Å². The first-order valence-electron chi connectivity index (χ1n) is 6.15. The maximum absolute atomic E-state index is 11.8. The summed E-state index contributed by atoms with van der Waals surface area (Å²) in [5.41, 5.74) is -0.641. The number of nitro benzene ring substituents is 1. The summed E-state index contributed by atoms with van der Waals surface area (Å²) in [7, 11) is 1.52. The Labute approximate surface area is 120 Å². The highest BCUT2D eigenvalue weighted by Gasteiger charge is 2.18. The quantitative estimate of drug-likeness (QED) is 0.586. The highest BCUT2D eigenvalue weighted by Crippen LogP contribution is 2.22. The molecule has 0 saturated carbocycles. The average molecular weight is 296 g/mol. The van der Waals surface area contributed by atoms with E-state index in [1.165, 1.54) is 13.2 Å². The summed E-state index contributed by atoms with van der Waals surface area (Å²) in [6.07, 6.45) is 0.157. The molecule has 0 aliphatic rings. The van der Waals surface area contributed by atoms with Crippen LogP contribution in [-0.4, -0.2) is 35.6 Å². The van der Waals surface area contributed by atoms with Gasteiger partial charge in [-0.2, -0.15) is 0 Å². The maximum atomic E-state index is 11.8. The van der Waals surface area contributed by atoms with Crippen LogP contribution in [0.5, 0.6) is 0 Å². The second kappa shape index (κ2) is 7.34. The molecule has 0 aliphatic carbocycles. The average Bonchev–Trinajstić information content (AvgIpc) is 2.38. The molecule has 0 spiro atoms. The van der Waals surface area contributed by atoms with Gasteiger partial charge in [0.2, 0.25) is 5.91 Å². The number of anilines is 1. The predicted molar refractivity (Wildman–Crippen MR) is 74.3 cm³/mol. The number of carboxylic acid groups (broad SMARTS) is 1. The van der Waals surface area contributed by atoms with Crippen molar-refractivity contribution in [1.82, 2.24) is 0 Å². The predicted octanol–water partition coefficient (Wildman–Crippen LogP) is 1.90. The zero-order chi connectivity index (χ0) is 16.0. The minimum absolute atomic E-state index is 0.0265. The fourth-order valence-corrected chi connectivity index (χ4v) is 1.79. The molecule has 0 radical (unpaired) electrons. The van der Waals surface area contributed by atoms with Crippen LogP contribution in [0.25, 0.3) is 0 Å². The van der Waals surface area contributed by atoms with Gasteiger partial charge in [0.15, 0.2) is 0 Å². The number of carboxylic acids is 1. The molecule has 1 atom stereocenters. The molecule has 8 nitrogen and oxygen atoms in total. The minimum Gasteiger partial charge on any atom is -0.478 e. The van der Waals surface area contributed by atoms with E-state index < -0.39 is 10.9 Å². The first kappa shape index (κ1) is 16.6. The summed E-state index contributed by atoms with van der Waals surface area (Å²) in [5, 5.41) is 22.1. The van der Waals surface area contributed by atoms with E-state index in [1.807, 2.05) is 6.92 Å². The number of carbonyl (C=O) groups excluding carboxylic acids is 1. The van der Waals surface area contributed by atoms with Crippen LogP contribution in [0.2, 0.25) is 0 Å².